The number of carbonyl (C=O) groups is 1. The fraction of sp³-hybridized carbons (Fsp3) is 0.462. The van der Waals surface area contributed by atoms with Gasteiger partial charge in [0, 0.05) is 44.6 Å². The molecule has 1 aliphatic rings. The van der Waals surface area contributed by atoms with Gasteiger partial charge in [-0.1, -0.05) is 6.92 Å². The molecule has 0 unspecified atom stereocenters. The Balaban J connectivity index is 1.84. The van der Waals surface area contributed by atoms with Crippen LogP contribution >= 0.6 is 0 Å². The van der Waals surface area contributed by atoms with Crippen LogP contribution in [-0.4, -0.2) is 63.3 Å². The first-order valence-electron chi connectivity index (χ1n) is 6.73. The van der Waals surface area contributed by atoms with Crippen molar-refractivity contribution in [3.05, 3.63) is 24.0 Å². The number of carboxylic acids is 1. The number of hydrogen-bond donors (Lipinski definition) is 1. The number of likely N-dealkylation sites (N-methyl/N-ethyl adjacent to an activating group) is 1. The fourth-order valence-electron chi connectivity index (χ4n) is 2.42. The lowest BCUT2D eigenvalue weighted by atomic mass is 10.3. The van der Waals surface area contributed by atoms with E-state index in [0.29, 0.717) is 5.65 Å². The van der Waals surface area contributed by atoms with Crippen LogP contribution in [0.3, 0.4) is 0 Å². The number of carboxylic acid groups (broad SMARTS) is 1. The van der Waals surface area contributed by atoms with E-state index >= 15 is 0 Å². The molecule has 1 aliphatic heterocycles. The van der Waals surface area contributed by atoms with E-state index in [4.69, 9.17) is 5.11 Å². The Morgan fingerprint density at radius 1 is 1.35 bits per heavy atom. The van der Waals surface area contributed by atoms with Crippen molar-refractivity contribution in [2.24, 2.45) is 0 Å². The summed E-state index contributed by atoms with van der Waals surface area (Å²) in [7, 11) is 0. The van der Waals surface area contributed by atoms with Gasteiger partial charge in [-0.05, 0) is 6.54 Å². The van der Waals surface area contributed by atoms with Crippen molar-refractivity contribution in [2.75, 3.05) is 37.6 Å². The minimum absolute atomic E-state index is 0.142. The van der Waals surface area contributed by atoms with E-state index in [9.17, 15) is 4.79 Å². The second kappa shape index (κ2) is 5.09. The number of fused-ring (bicyclic) bond motifs is 1. The van der Waals surface area contributed by atoms with Crippen LogP contribution in [0, 0.1) is 0 Å². The number of hydrogen-bond acceptors (Lipinski definition) is 5. The van der Waals surface area contributed by atoms with Crippen LogP contribution in [0.1, 0.15) is 17.3 Å². The third kappa shape index (κ3) is 2.32. The van der Waals surface area contributed by atoms with E-state index in [1.807, 2.05) is 6.07 Å². The summed E-state index contributed by atoms with van der Waals surface area (Å²) in [6.45, 7) is 7.16. The lowest BCUT2D eigenvalue weighted by Crippen LogP contribution is -2.46. The smallest absolute Gasteiger partial charge is 0.338 e. The van der Waals surface area contributed by atoms with Crippen LogP contribution in [0.2, 0.25) is 0 Å². The van der Waals surface area contributed by atoms with Crippen LogP contribution in [0.25, 0.3) is 5.65 Å². The first kappa shape index (κ1) is 12.9. The molecule has 0 atom stereocenters. The SMILES string of the molecule is CCN1CCN(c2cc3ncc(C(=O)O)cn3n2)CC1. The van der Waals surface area contributed by atoms with Gasteiger partial charge in [0.1, 0.15) is 0 Å². The molecule has 3 rings (SSSR count). The first-order chi connectivity index (χ1) is 9.67. The van der Waals surface area contributed by atoms with Crippen LogP contribution < -0.4 is 4.90 Å². The summed E-state index contributed by atoms with van der Waals surface area (Å²) in [5.74, 6) is -0.135. The normalized spacial score (nSPS) is 16.8. The van der Waals surface area contributed by atoms with Gasteiger partial charge in [0.25, 0.3) is 0 Å². The molecule has 1 N–H and O–H groups in total. The lowest BCUT2D eigenvalue weighted by molar-refractivity contribution is 0.0695. The fourth-order valence-corrected chi connectivity index (χ4v) is 2.42. The summed E-state index contributed by atoms with van der Waals surface area (Å²) in [5, 5.41) is 13.4. The molecule has 0 aromatic carbocycles. The predicted octanol–water partition coefficient (Wildman–Crippen LogP) is 0.569. The van der Waals surface area contributed by atoms with Crippen LogP contribution in [-0.2, 0) is 0 Å². The minimum Gasteiger partial charge on any atom is -0.478 e. The van der Waals surface area contributed by atoms with Gasteiger partial charge in [-0.15, -0.1) is 5.10 Å². The third-order valence-corrected chi connectivity index (χ3v) is 3.69. The highest BCUT2D eigenvalue weighted by molar-refractivity contribution is 5.87. The summed E-state index contributed by atoms with van der Waals surface area (Å²) in [5.41, 5.74) is 0.811. The monoisotopic (exact) mass is 275 g/mol. The van der Waals surface area contributed by atoms with Crippen molar-refractivity contribution in [3.63, 3.8) is 0 Å². The van der Waals surface area contributed by atoms with Crippen molar-refractivity contribution in [1.82, 2.24) is 19.5 Å². The summed E-state index contributed by atoms with van der Waals surface area (Å²) in [4.78, 5) is 19.7. The molecule has 0 saturated carbocycles. The molecule has 0 spiro atoms. The Hall–Kier alpha value is -2.15. The maximum Gasteiger partial charge on any atom is 0.338 e. The minimum atomic E-state index is -0.993. The van der Waals surface area contributed by atoms with Crippen molar-refractivity contribution in [2.45, 2.75) is 6.92 Å². The highest BCUT2D eigenvalue weighted by atomic mass is 16.4. The van der Waals surface area contributed by atoms with Gasteiger partial charge in [-0.25, -0.2) is 14.3 Å². The average Bonchev–Trinajstić information content (AvgIpc) is 2.90. The van der Waals surface area contributed by atoms with Crippen LogP contribution in [0.5, 0.6) is 0 Å². The molecular formula is C13H17N5O2. The molecule has 0 amide bonds. The predicted molar refractivity (Wildman–Crippen MR) is 74.3 cm³/mol. The Bertz CT molecular complexity index is 631. The zero-order chi connectivity index (χ0) is 14.1. The van der Waals surface area contributed by atoms with Gasteiger partial charge in [-0.2, -0.15) is 0 Å². The largest absolute Gasteiger partial charge is 0.478 e. The van der Waals surface area contributed by atoms with Crippen LogP contribution in [0.4, 0.5) is 5.82 Å². The molecular weight excluding hydrogens is 258 g/mol. The molecule has 0 aliphatic carbocycles. The van der Waals surface area contributed by atoms with Gasteiger partial charge in [0.2, 0.25) is 0 Å². The summed E-state index contributed by atoms with van der Waals surface area (Å²) in [6, 6.07) is 1.90. The van der Waals surface area contributed by atoms with Crippen molar-refractivity contribution < 1.29 is 9.90 Å². The molecule has 7 nitrogen and oxygen atoms in total. The summed E-state index contributed by atoms with van der Waals surface area (Å²) >= 11 is 0. The molecule has 7 heteroatoms. The Kier molecular flexibility index (Phi) is 3.27. The molecule has 0 bridgehead atoms. The number of piperazine rings is 1. The quantitative estimate of drug-likeness (QED) is 0.882. The zero-order valence-corrected chi connectivity index (χ0v) is 11.4. The zero-order valence-electron chi connectivity index (χ0n) is 11.4. The molecule has 0 radical (unpaired) electrons. The Labute approximate surface area is 116 Å². The standard InChI is InChI=1S/C13H17N5O2/c1-2-16-3-5-17(6-4-16)12-7-11-14-8-10(13(19)20)9-18(11)15-12/h7-9H,2-6H2,1H3,(H,19,20). The molecule has 2 aromatic heterocycles. The number of nitrogens with zero attached hydrogens (tertiary/aromatic N) is 5. The van der Waals surface area contributed by atoms with Gasteiger partial charge < -0.3 is 14.9 Å². The van der Waals surface area contributed by atoms with E-state index in [2.05, 4.69) is 26.8 Å². The van der Waals surface area contributed by atoms with Gasteiger partial charge in [0.05, 0.1) is 5.56 Å². The van der Waals surface area contributed by atoms with Gasteiger partial charge in [-0.3, -0.25) is 0 Å². The Morgan fingerprint density at radius 3 is 2.75 bits per heavy atom. The number of aromatic carboxylic acids is 1. The first-order valence-corrected chi connectivity index (χ1v) is 6.73. The van der Waals surface area contributed by atoms with Crippen molar-refractivity contribution in [3.8, 4) is 0 Å². The average molecular weight is 275 g/mol. The van der Waals surface area contributed by atoms with Crippen LogP contribution in [0.15, 0.2) is 18.5 Å². The molecule has 1 fully saturated rings. The molecule has 20 heavy (non-hydrogen) atoms. The highest BCUT2D eigenvalue weighted by Gasteiger charge is 2.18. The van der Waals surface area contributed by atoms with Crippen molar-refractivity contribution >= 4 is 17.4 Å². The van der Waals surface area contributed by atoms with Gasteiger partial charge in [0.15, 0.2) is 11.5 Å². The topological polar surface area (TPSA) is 74.0 Å². The lowest BCUT2D eigenvalue weighted by Gasteiger charge is -2.33. The summed E-state index contributed by atoms with van der Waals surface area (Å²) in [6.07, 6.45) is 2.86. The Morgan fingerprint density at radius 2 is 2.10 bits per heavy atom. The molecule has 3 heterocycles. The second-order valence-electron chi connectivity index (χ2n) is 4.87. The van der Waals surface area contributed by atoms with E-state index in [0.717, 1.165) is 38.5 Å². The van der Waals surface area contributed by atoms with E-state index in [-0.39, 0.29) is 5.56 Å². The summed E-state index contributed by atoms with van der Waals surface area (Å²) < 4.78 is 1.53. The number of aromatic nitrogens is 3. The van der Waals surface area contributed by atoms with E-state index in [1.54, 1.807) is 0 Å². The number of rotatable bonds is 3. The molecule has 2 aromatic rings. The maximum atomic E-state index is 10.9. The molecule has 1 saturated heterocycles. The molecule has 106 valence electrons. The van der Waals surface area contributed by atoms with E-state index in [1.165, 1.54) is 16.9 Å². The van der Waals surface area contributed by atoms with Crippen molar-refractivity contribution in [1.29, 1.82) is 0 Å². The van der Waals surface area contributed by atoms with Gasteiger partial charge >= 0.3 is 5.97 Å². The second-order valence-corrected chi connectivity index (χ2v) is 4.87. The third-order valence-electron chi connectivity index (χ3n) is 3.69. The number of anilines is 1. The maximum absolute atomic E-state index is 10.9. The highest BCUT2D eigenvalue weighted by Crippen LogP contribution is 2.16. The van der Waals surface area contributed by atoms with E-state index < -0.39 is 5.97 Å².